The molecule has 1 N–H and O–H groups in total. The van der Waals surface area contributed by atoms with Gasteiger partial charge in [0.05, 0.1) is 24.8 Å². The Kier molecular flexibility index (Phi) is 3.51. The fraction of sp³-hybridized carbons (Fsp3) is 0.400. The Hall–Kier alpha value is -1.81. The molecule has 100 valence electrons. The van der Waals surface area contributed by atoms with Crippen LogP contribution in [-0.4, -0.2) is 22.7 Å². The first kappa shape index (κ1) is 12.2. The van der Waals surface area contributed by atoms with Gasteiger partial charge in [-0.3, -0.25) is 0 Å². The highest BCUT2D eigenvalue weighted by Gasteiger charge is 2.20. The zero-order valence-corrected chi connectivity index (χ0v) is 11.2. The van der Waals surface area contributed by atoms with E-state index in [-0.39, 0.29) is 0 Å². The Labute approximate surface area is 113 Å². The second kappa shape index (κ2) is 5.45. The van der Waals surface area contributed by atoms with Crippen molar-refractivity contribution < 1.29 is 4.74 Å². The Bertz CT molecular complexity index is 527. The van der Waals surface area contributed by atoms with Crippen LogP contribution in [0.1, 0.15) is 31.5 Å². The van der Waals surface area contributed by atoms with E-state index in [1.54, 1.807) is 0 Å². The van der Waals surface area contributed by atoms with Crippen molar-refractivity contribution in [2.45, 2.75) is 25.8 Å². The average Bonchev–Trinajstić information content (AvgIpc) is 3.11. The third-order valence-corrected chi connectivity index (χ3v) is 3.51. The number of nitrogens with zero attached hydrogens (tertiary/aromatic N) is 2. The van der Waals surface area contributed by atoms with Gasteiger partial charge in [0.15, 0.2) is 0 Å². The van der Waals surface area contributed by atoms with E-state index < -0.39 is 0 Å². The number of aromatic nitrogens is 2. The smallest absolute Gasteiger partial charge is 0.119 e. The third-order valence-electron chi connectivity index (χ3n) is 3.51. The average molecular weight is 257 g/mol. The summed E-state index contributed by atoms with van der Waals surface area (Å²) < 4.78 is 7.62. The molecule has 1 aliphatic rings. The normalized spacial score (nSPS) is 18.7. The lowest BCUT2D eigenvalue weighted by atomic mass is 10.1. The number of rotatable bonds is 4. The minimum atomic E-state index is 0.425. The van der Waals surface area contributed by atoms with Crippen LogP contribution in [-0.2, 0) is 0 Å². The number of hydrogen-bond acceptors (Lipinski definition) is 3. The fourth-order valence-corrected chi connectivity index (χ4v) is 2.59. The summed E-state index contributed by atoms with van der Waals surface area (Å²) >= 11 is 0. The summed E-state index contributed by atoms with van der Waals surface area (Å²) in [6, 6.07) is 8.58. The summed E-state index contributed by atoms with van der Waals surface area (Å²) in [6.45, 7) is 3.79. The van der Waals surface area contributed by atoms with Crippen LogP contribution in [0.4, 0.5) is 0 Å². The number of imidazole rings is 1. The highest BCUT2D eigenvalue weighted by atomic mass is 16.5. The molecule has 1 aromatic carbocycles. The summed E-state index contributed by atoms with van der Waals surface area (Å²) in [7, 11) is 0. The molecule has 1 aromatic heterocycles. The predicted octanol–water partition coefficient (Wildman–Crippen LogP) is 2.70. The summed E-state index contributed by atoms with van der Waals surface area (Å²) in [5.41, 5.74) is 2.37. The van der Waals surface area contributed by atoms with Gasteiger partial charge < -0.3 is 14.6 Å². The molecule has 3 rings (SSSR count). The van der Waals surface area contributed by atoms with Crippen molar-refractivity contribution >= 4 is 0 Å². The van der Waals surface area contributed by atoms with Gasteiger partial charge in [0.2, 0.25) is 0 Å². The molecule has 0 amide bonds. The van der Waals surface area contributed by atoms with E-state index in [1.165, 1.54) is 18.5 Å². The van der Waals surface area contributed by atoms with Crippen LogP contribution in [0.5, 0.6) is 5.75 Å². The molecule has 0 aliphatic carbocycles. The van der Waals surface area contributed by atoms with Crippen molar-refractivity contribution in [2.75, 3.05) is 13.2 Å². The molecule has 1 aliphatic heterocycles. The maximum absolute atomic E-state index is 5.47. The second-order valence-corrected chi connectivity index (χ2v) is 4.76. The van der Waals surface area contributed by atoms with Crippen LogP contribution >= 0.6 is 0 Å². The lowest BCUT2D eigenvalue weighted by molar-refractivity contribution is 0.340. The van der Waals surface area contributed by atoms with Gasteiger partial charge in [-0.2, -0.15) is 0 Å². The first-order chi connectivity index (χ1) is 9.38. The van der Waals surface area contributed by atoms with Crippen molar-refractivity contribution in [2.24, 2.45) is 0 Å². The molecule has 19 heavy (non-hydrogen) atoms. The summed E-state index contributed by atoms with van der Waals surface area (Å²) in [6.07, 6.45) is 6.26. The predicted molar refractivity (Wildman–Crippen MR) is 74.7 cm³/mol. The minimum Gasteiger partial charge on any atom is -0.494 e. The molecule has 1 saturated heterocycles. The Morgan fingerprint density at radius 1 is 1.37 bits per heavy atom. The molecule has 4 heteroatoms. The van der Waals surface area contributed by atoms with Crippen molar-refractivity contribution in [3.8, 4) is 11.4 Å². The van der Waals surface area contributed by atoms with E-state index in [0.717, 1.165) is 18.0 Å². The van der Waals surface area contributed by atoms with Gasteiger partial charge in [0.25, 0.3) is 0 Å². The monoisotopic (exact) mass is 257 g/mol. The van der Waals surface area contributed by atoms with Gasteiger partial charge in [-0.1, -0.05) is 0 Å². The first-order valence-corrected chi connectivity index (χ1v) is 6.87. The third kappa shape index (κ3) is 2.49. The Morgan fingerprint density at radius 3 is 2.89 bits per heavy atom. The van der Waals surface area contributed by atoms with Crippen molar-refractivity contribution in [1.82, 2.24) is 14.9 Å². The standard InChI is InChI=1S/C15H19N3O/c1-2-19-13-7-5-12(6-8-13)18-11-16-10-15(18)14-4-3-9-17-14/h5-8,10-11,14,17H,2-4,9H2,1H3/t14-/m0/s1. The van der Waals surface area contributed by atoms with Gasteiger partial charge in [0.1, 0.15) is 5.75 Å². The van der Waals surface area contributed by atoms with E-state index in [9.17, 15) is 0 Å². The molecule has 1 atom stereocenters. The van der Waals surface area contributed by atoms with Crippen molar-refractivity contribution in [3.05, 3.63) is 42.5 Å². The van der Waals surface area contributed by atoms with Gasteiger partial charge >= 0.3 is 0 Å². The maximum Gasteiger partial charge on any atom is 0.119 e. The summed E-state index contributed by atoms with van der Waals surface area (Å²) in [5.74, 6) is 0.909. The van der Waals surface area contributed by atoms with E-state index in [1.807, 2.05) is 31.6 Å². The largest absolute Gasteiger partial charge is 0.494 e. The van der Waals surface area contributed by atoms with Crippen LogP contribution in [0, 0.1) is 0 Å². The lowest BCUT2D eigenvalue weighted by Crippen LogP contribution is -2.16. The minimum absolute atomic E-state index is 0.425. The Morgan fingerprint density at radius 2 is 2.21 bits per heavy atom. The summed E-state index contributed by atoms with van der Waals surface area (Å²) in [4.78, 5) is 4.29. The number of ether oxygens (including phenoxy) is 1. The fourth-order valence-electron chi connectivity index (χ4n) is 2.59. The zero-order valence-electron chi connectivity index (χ0n) is 11.2. The highest BCUT2D eigenvalue weighted by Crippen LogP contribution is 2.25. The molecular weight excluding hydrogens is 238 g/mol. The zero-order chi connectivity index (χ0) is 13.1. The summed E-state index contributed by atoms with van der Waals surface area (Å²) in [5, 5.41) is 3.52. The molecule has 0 spiro atoms. The topological polar surface area (TPSA) is 39.1 Å². The first-order valence-electron chi connectivity index (χ1n) is 6.87. The van der Waals surface area contributed by atoms with Crippen LogP contribution in [0.3, 0.4) is 0 Å². The highest BCUT2D eigenvalue weighted by molar-refractivity contribution is 5.39. The van der Waals surface area contributed by atoms with Gasteiger partial charge in [-0.25, -0.2) is 4.98 Å². The SMILES string of the molecule is CCOc1ccc(-n2cncc2[C@@H]2CCCN2)cc1. The maximum atomic E-state index is 5.47. The van der Waals surface area contributed by atoms with E-state index in [2.05, 4.69) is 27.0 Å². The van der Waals surface area contributed by atoms with E-state index in [0.29, 0.717) is 12.6 Å². The second-order valence-electron chi connectivity index (χ2n) is 4.76. The van der Waals surface area contributed by atoms with E-state index >= 15 is 0 Å². The number of hydrogen-bond donors (Lipinski definition) is 1. The van der Waals surface area contributed by atoms with E-state index in [4.69, 9.17) is 4.74 Å². The van der Waals surface area contributed by atoms with Gasteiger partial charge in [-0.15, -0.1) is 0 Å². The van der Waals surface area contributed by atoms with Gasteiger partial charge in [-0.05, 0) is 50.6 Å². The van der Waals surface area contributed by atoms with Crippen LogP contribution in [0.15, 0.2) is 36.8 Å². The molecule has 0 radical (unpaired) electrons. The van der Waals surface area contributed by atoms with Crippen LogP contribution in [0.25, 0.3) is 5.69 Å². The Balaban J connectivity index is 1.87. The molecule has 2 heterocycles. The number of benzene rings is 1. The molecule has 0 saturated carbocycles. The van der Waals surface area contributed by atoms with Crippen LogP contribution < -0.4 is 10.1 Å². The lowest BCUT2D eigenvalue weighted by Gasteiger charge is -2.14. The van der Waals surface area contributed by atoms with Crippen molar-refractivity contribution in [1.29, 1.82) is 0 Å². The molecule has 4 nitrogen and oxygen atoms in total. The number of nitrogens with one attached hydrogen (secondary N) is 1. The molecule has 0 unspecified atom stereocenters. The molecular formula is C15H19N3O. The van der Waals surface area contributed by atoms with Gasteiger partial charge in [0, 0.05) is 11.7 Å². The molecule has 0 bridgehead atoms. The van der Waals surface area contributed by atoms with Crippen LogP contribution in [0.2, 0.25) is 0 Å². The van der Waals surface area contributed by atoms with Crippen molar-refractivity contribution in [3.63, 3.8) is 0 Å². The quantitative estimate of drug-likeness (QED) is 0.915. The molecule has 1 fully saturated rings. The molecule has 2 aromatic rings.